The lowest BCUT2D eigenvalue weighted by Crippen LogP contribution is -2.57. The Morgan fingerprint density at radius 1 is 1.26 bits per heavy atom. The number of rotatable bonds is 8. The van der Waals surface area contributed by atoms with E-state index in [2.05, 4.69) is 13.8 Å². The van der Waals surface area contributed by atoms with Gasteiger partial charge in [0.25, 0.3) is 5.56 Å². The number of hydrogen-bond donors (Lipinski definition) is 5. The Bertz CT molecular complexity index is 1180. The van der Waals surface area contributed by atoms with Crippen molar-refractivity contribution in [3.8, 4) is 0 Å². The number of H-pyrrole nitrogens is 1. The number of aliphatic hydroxyl groups is 1. The largest absolute Gasteiger partial charge is 0.483 e. The van der Waals surface area contributed by atoms with Gasteiger partial charge in [-0.3, -0.25) is 28.2 Å². The Morgan fingerprint density at radius 3 is 2.54 bits per heavy atom. The molecule has 1 aromatic heterocycles. The van der Waals surface area contributed by atoms with Gasteiger partial charge in [-0.25, -0.2) is 13.9 Å². The summed E-state index contributed by atoms with van der Waals surface area (Å²) in [5.41, 5.74) is 3.24. The van der Waals surface area contributed by atoms with Crippen molar-refractivity contribution in [2.45, 2.75) is 70.0 Å². The molecule has 0 bridgehead atoms. The molecule has 35 heavy (non-hydrogen) atoms. The molecule has 18 heteroatoms. The van der Waals surface area contributed by atoms with Crippen molar-refractivity contribution >= 4 is 21.4 Å². The van der Waals surface area contributed by atoms with E-state index in [0.29, 0.717) is 0 Å². The quantitative estimate of drug-likeness (QED) is 0.251. The summed E-state index contributed by atoms with van der Waals surface area (Å²) >= 11 is 0. The van der Waals surface area contributed by atoms with Crippen LogP contribution in [0.3, 0.4) is 0 Å². The third-order valence-corrected chi connectivity index (χ3v) is 8.03. The van der Waals surface area contributed by atoms with E-state index in [4.69, 9.17) is 19.7 Å². The highest BCUT2D eigenvalue weighted by atomic mass is 31.3. The van der Waals surface area contributed by atoms with Crippen LogP contribution in [0.2, 0.25) is 0 Å². The molecule has 3 rings (SSSR count). The molecule has 1 aromatic rings. The van der Waals surface area contributed by atoms with Gasteiger partial charge >= 0.3 is 21.3 Å². The first-order valence-corrected chi connectivity index (χ1v) is 13.3. The maximum atomic E-state index is 12.2. The number of ketones is 1. The summed E-state index contributed by atoms with van der Waals surface area (Å²) < 4.78 is 49.8. The average Bonchev–Trinajstić information content (AvgIpc) is 3.06. The standard InChI is InChI=1S/C17H27N3O13P2/c1-8-6-20(16(24)19-15(8)23)12-4-10(21)11(31-12)7-29-34(25,26)33-35(27,28)32-13-5-17(3,18)14(22)9(2)30-13/h6,9-13,21H,4-5,7,18H2,1-3H3,(H,25,26)(H,27,28)(H,19,23,24)/t9-,10+,11-,12-,13?,17+/m1/s1. The monoisotopic (exact) mass is 543 g/mol. The highest BCUT2D eigenvalue weighted by Crippen LogP contribution is 2.61. The fraction of sp³-hybridized carbons (Fsp3) is 0.706. The highest BCUT2D eigenvalue weighted by molar-refractivity contribution is 7.61. The van der Waals surface area contributed by atoms with E-state index in [9.17, 15) is 38.4 Å². The van der Waals surface area contributed by atoms with Gasteiger partial charge in [0.05, 0.1) is 18.2 Å². The highest BCUT2D eigenvalue weighted by Gasteiger charge is 2.46. The van der Waals surface area contributed by atoms with Crippen LogP contribution in [0, 0.1) is 6.92 Å². The maximum Gasteiger partial charge on any atom is 0.483 e. The van der Waals surface area contributed by atoms with E-state index in [0.717, 1.165) is 4.57 Å². The van der Waals surface area contributed by atoms with E-state index >= 15 is 0 Å². The second kappa shape index (κ2) is 10.1. The predicted molar refractivity (Wildman–Crippen MR) is 115 cm³/mol. The molecule has 8 atom stereocenters. The van der Waals surface area contributed by atoms with Crippen LogP contribution in [0.5, 0.6) is 0 Å². The number of carbonyl (C=O) groups excluding carboxylic acids is 1. The Labute approximate surface area is 198 Å². The van der Waals surface area contributed by atoms with E-state index in [1.165, 1.54) is 27.0 Å². The fourth-order valence-electron chi connectivity index (χ4n) is 3.64. The molecule has 2 aliphatic rings. The van der Waals surface area contributed by atoms with Gasteiger partial charge in [0.1, 0.15) is 18.4 Å². The minimum absolute atomic E-state index is 0.120. The number of aryl methyl sites for hydroxylation is 1. The lowest BCUT2D eigenvalue weighted by Gasteiger charge is -2.37. The van der Waals surface area contributed by atoms with Crippen LogP contribution < -0.4 is 17.0 Å². The zero-order chi connectivity index (χ0) is 26.3. The molecule has 0 aliphatic carbocycles. The molecule has 0 amide bonds. The van der Waals surface area contributed by atoms with Crippen molar-refractivity contribution < 1.29 is 51.6 Å². The summed E-state index contributed by atoms with van der Waals surface area (Å²) in [6, 6.07) is 0. The van der Waals surface area contributed by atoms with Crippen LogP contribution in [0.1, 0.15) is 38.5 Å². The number of ether oxygens (including phenoxy) is 2. The minimum atomic E-state index is -5.25. The smallest absolute Gasteiger partial charge is 0.390 e. The number of carbonyl (C=O) groups is 1. The number of Topliss-reactive ketones (excluding diaryl/α,β-unsaturated/α-hetero) is 1. The second-order valence-electron chi connectivity index (χ2n) is 8.52. The van der Waals surface area contributed by atoms with Crippen LogP contribution in [-0.4, -0.2) is 67.0 Å². The molecule has 2 aliphatic heterocycles. The zero-order valence-electron chi connectivity index (χ0n) is 18.9. The molecule has 0 radical (unpaired) electrons. The number of nitrogens with zero attached hydrogens (tertiary/aromatic N) is 1. The summed E-state index contributed by atoms with van der Waals surface area (Å²) in [4.78, 5) is 57.3. The van der Waals surface area contributed by atoms with Crippen LogP contribution >= 0.6 is 15.6 Å². The molecule has 0 spiro atoms. The van der Waals surface area contributed by atoms with E-state index in [-0.39, 0.29) is 18.4 Å². The number of nitrogens with two attached hydrogens (primary N) is 1. The van der Waals surface area contributed by atoms with Gasteiger partial charge < -0.3 is 30.1 Å². The molecule has 2 fully saturated rings. The summed E-state index contributed by atoms with van der Waals surface area (Å²) in [6.45, 7) is 3.42. The van der Waals surface area contributed by atoms with Crippen LogP contribution in [0.15, 0.2) is 15.8 Å². The van der Waals surface area contributed by atoms with Gasteiger partial charge in [0, 0.05) is 24.6 Å². The van der Waals surface area contributed by atoms with E-state index in [1.807, 2.05) is 0 Å². The zero-order valence-corrected chi connectivity index (χ0v) is 20.7. The Morgan fingerprint density at radius 2 is 1.91 bits per heavy atom. The van der Waals surface area contributed by atoms with Crippen LogP contribution in [-0.2, 0) is 36.8 Å². The second-order valence-corrected chi connectivity index (χ2v) is 11.5. The molecular weight excluding hydrogens is 516 g/mol. The first-order chi connectivity index (χ1) is 16.0. The minimum Gasteiger partial charge on any atom is -0.390 e. The molecule has 16 nitrogen and oxygen atoms in total. The summed E-state index contributed by atoms with van der Waals surface area (Å²) in [7, 11) is -10.5. The predicted octanol–water partition coefficient (Wildman–Crippen LogP) is -0.835. The van der Waals surface area contributed by atoms with E-state index < -0.39 is 75.7 Å². The summed E-state index contributed by atoms with van der Waals surface area (Å²) in [5.74, 6) is -0.463. The number of hydrogen-bond acceptors (Lipinski definition) is 12. The molecule has 0 saturated carbocycles. The Kier molecular flexibility index (Phi) is 8.07. The number of aliphatic hydroxyl groups excluding tert-OH is 1. The van der Waals surface area contributed by atoms with Gasteiger partial charge in [0.2, 0.25) is 0 Å². The lowest BCUT2D eigenvalue weighted by molar-refractivity contribution is -0.179. The molecular formula is C17H27N3O13P2. The van der Waals surface area contributed by atoms with Gasteiger partial charge in [0.15, 0.2) is 12.1 Å². The van der Waals surface area contributed by atoms with Gasteiger partial charge in [-0.05, 0) is 20.8 Å². The Hall–Kier alpha value is -1.55. The number of aromatic nitrogens is 2. The lowest BCUT2D eigenvalue weighted by atomic mass is 9.88. The summed E-state index contributed by atoms with van der Waals surface area (Å²) in [6.07, 6.45) is -5.27. The normalized spacial score (nSPS) is 34.9. The number of phosphoric acid groups is 2. The summed E-state index contributed by atoms with van der Waals surface area (Å²) in [5, 5.41) is 10.2. The SMILES string of the molecule is Cc1cn([C@H]2C[C@H](O)[C@@H](COP(=O)(O)OP(=O)(O)OC3C[C@](C)(N)C(=O)[C@@H](C)O3)O2)c(=O)[nH]c1=O. The number of phosphoric ester groups is 2. The van der Waals surface area contributed by atoms with Crippen molar-refractivity contribution in [3.63, 3.8) is 0 Å². The van der Waals surface area contributed by atoms with Crippen LogP contribution in [0.25, 0.3) is 0 Å². The first kappa shape index (κ1) is 28.0. The van der Waals surface area contributed by atoms with Crippen molar-refractivity contribution in [1.29, 1.82) is 0 Å². The average molecular weight is 543 g/mol. The van der Waals surface area contributed by atoms with Crippen molar-refractivity contribution in [1.82, 2.24) is 9.55 Å². The third-order valence-electron chi connectivity index (χ3n) is 5.40. The van der Waals surface area contributed by atoms with Gasteiger partial charge in [-0.1, -0.05) is 0 Å². The topological polar surface area (TPSA) is 239 Å². The fourth-order valence-corrected chi connectivity index (χ4v) is 5.78. The number of nitrogens with one attached hydrogen (secondary N) is 1. The van der Waals surface area contributed by atoms with Gasteiger partial charge in [-0.15, -0.1) is 0 Å². The third kappa shape index (κ3) is 6.81. The number of aromatic amines is 1. The molecule has 0 aromatic carbocycles. The molecule has 3 unspecified atom stereocenters. The molecule has 3 heterocycles. The van der Waals surface area contributed by atoms with E-state index in [1.54, 1.807) is 0 Å². The van der Waals surface area contributed by atoms with Crippen LogP contribution in [0.4, 0.5) is 0 Å². The van der Waals surface area contributed by atoms with Crippen molar-refractivity contribution in [2.75, 3.05) is 6.61 Å². The first-order valence-electron chi connectivity index (χ1n) is 10.3. The molecule has 6 N–H and O–H groups in total. The Balaban J connectivity index is 1.58. The van der Waals surface area contributed by atoms with Crippen molar-refractivity contribution in [3.05, 3.63) is 32.6 Å². The molecule has 198 valence electrons. The van der Waals surface area contributed by atoms with Crippen molar-refractivity contribution in [2.24, 2.45) is 5.73 Å². The van der Waals surface area contributed by atoms with Gasteiger partial charge in [-0.2, -0.15) is 4.31 Å². The molecule has 2 saturated heterocycles. The maximum absolute atomic E-state index is 12.2.